The van der Waals surface area contributed by atoms with Crippen molar-refractivity contribution in [3.63, 3.8) is 0 Å². The average Bonchev–Trinajstić information content (AvgIpc) is 2.78. The molecule has 1 aromatic carbocycles. The van der Waals surface area contributed by atoms with Crippen LogP contribution in [-0.2, 0) is 4.79 Å². The predicted molar refractivity (Wildman–Crippen MR) is 72.1 cm³/mol. The fourth-order valence-corrected chi connectivity index (χ4v) is 3.02. The Hall–Kier alpha value is -1.20. The number of ether oxygens (including phenoxy) is 1. The van der Waals surface area contributed by atoms with Crippen LogP contribution in [0.3, 0.4) is 0 Å². The van der Waals surface area contributed by atoms with Crippen LogP contribution in [0.4, 0.5) is 0 Å². The molecule has 2 atom stereocenters. The lowest BCUT2D eigenvalue weighted by Gasteiger charge is -2.12. The molecular weight excluding hydrogens is 250 g/mol. The maximum absolute atomic E-state index is 10.8. The first kappa shape index (κ1) is 13.2. The maximum Gasteiger partial charge on any atom is 0.321 e. The molecule has 0 bridgehead atoms. The fourth-order valence-electron chi connectivity index (χ4n) is 1.83. The number of carboxylic acids is 1. The van der Waals surface area contributed by atoms with Crippen LogP contribution >= 0.6 is 11.8 Å². The van der Waals surface area contributed by atoms with E-state index in [9.17, 15) is 4.79 Å². The fraction of sp³-hybridized carbons (Fsp3) is 0.462. The maximum atomic E-state index is 10.8. The van der Waals surface area contributed by atoms with Gasteiger partial charge in [-0.2, -0.15) is 0 Å². The summed E-state index contributed by atoms with van der Waals surface area (Å²) in [5.41, 5.74) is 1.17. The molecule has 0 saturated carbocycles. The van der Waals surface area contributed by atoms with Crippen LogP contribution in [0.1, 0.15) is 12.0 Å². The van der Waals surface area contributed by atoms with Crippen molar-refractivity contribution in [2.45, 2.75) is 24.8 Å². The average molecular weight is 267 g/mol. The highest BCUT2D eigenvalue weighted by Gasteiger charge is 2.28. The van der Waals surface area contributed by atoms with E-state index in [-0.39, 0.29) is 5.37 Å². The highest BCUT2D eigenvalue weighted by Crippen LogP contribution is 2.22. The van der Waals surface area contributed by atoms with E-state index in [4.69, 9.17) is 9.84 Å². The van der Waals surface area contributed by atoms with Crippen molar-refractivity contribution >= 4 is 17.7 Å². The summed E-state index contributed by atoms with van der Waals surface area (Å²) in [6.07, 6.45) is 0.808. The van der Waals surface area contributed by atoms with Crippen molar-refractivity contribution in [3.8, 4) is 5.75 Å². The van der Waals surface area contributed by atoms with Gasteiger partial charge in [0.05, 0.1) is 12.0 Å². The zero-order valence-electron chi connectivity index (χ0n) is 10.3. The number of carbonyl (C=O) groups is 1. The second kappa shape index (κ2) is 6.11. The lowest BCUT2D eigenvalue weighted by atomic mass is 10.2. The minimum Gasteiger partial charge on any atom is -0.493 e. The van der Waals surface area contributed by atoms with Gasteiger partial charge in [-0.15, -0.1) is 11.8 Å². The van der Waals surface area contributed by atoms with Gasteiger partial charge in [-0.1, -0.05) is 12.1 Å². The summed E-state index contributed by atoms with van der Waals surface area (Å²) in [7, 11) is 0. The Balaban J connectivity index is 1.72. The molecule has 2 rings (SSSR count). The highest BCUT2D eigenvalue weighted by atomic mass is 32.2. The highest BCUT2D eigenvalue weighted by molar-refractivity contribution is 8.00. The van der Waals surface area contributed by atoms with Crippen molar-refractivity contribution in [2.75, 3.05) is 12.4 Å². The minimum absolute atomic E-state index is 0.177. The molecule has 1 aromatic rings. The molecule has 18 heavy (non-hydrogen) atoms. The molecule has 1 saturated heterocycles. The molecule has 0 aliphatic carbocycles. The third kappa shape index (κ3) is 3.65. The first-order valence-electron chi connectivity index (χ1n) is 5.95. The third-order valence-corrected chi connectivity index (χ3v) is 4.09. The first-order chi connectivity index (χ1) is 8.65. The van der Waals surface area contributed by atoms with E-state index in [1.807, 2.05) is 31.2 Å². The van der Waals surface area contributed by atoms with Crippen LogP contribution in [0.2, 0.25) is 0 Å². The quantitative estimate of drug-likeness (QED) is 0.853. The summed E-state index contributed by atoms with van der Waals surface area (Å²) in [6.45, 7) is 2.62. The summed E-state index contributed by atoms with van der Waals surface area (Å²) in [4.78, 5) is 10.8. The molecule has 0 aromatic heterocycles. The number of nitrogens with one attached hydrogen (secondary N) is 1. The van der Waals surface area contributed by atoms with Crippen LogP contribution in [0, 0.1) is 6.92 Å². The summed E-state index contributed by atoms with van der Waals surface area (Å²) < 4.78 is 5.64. The van der Waals surface area contributed by atoms with Crippen molar-refractivity contribution < 1.29 is 14.6 Å². The number of aliphatic carboxylic acids is 1. The Kier molecular flexibility index (Phi) is 4.49. The van der Waals surface area contributed by atoms with Gasteiger partial charge in [0.15, 0.2) is 0 Å². The molecule has 1 aliphatic rings. The van der Waals surface area contributed by atoms with Crippen molar-refractivity contribution in [3.05, 3.63) is 29.8 Å². The molecule has 98 valence electrons. The Labute approximate surface area is 111 Å². The van der Waals surface area contributed by atoms with E-state index in [1.54, 1.807) is 11.8 Å². The first-order valence-corrected chi connectivity index (χ1v) is 7.00. The van der Waals surface area contributed by atoms with E-state index in [1.165, 1.54) is 5.56 Å². The Morgan fingerprint density at radius 2 is 2.44 bits per heavy atom. The lowest BCUT2D eigenvalue weighted by molar-refractivity contribution is -0.138. The summed E-state index contributed by atoms with van der Waals surface area (Å²) >= 11 is 1.65. The zero-order valence-corrected chi connectivity index (χ0v) is 11.1. The van der Waals surface area contributed by atoms with Gasteiger partial charge in [-0.3, -0.25) is 10.1 Å². The van der Waals surface area contributed by atoms with Gasteiger partial charge in [0.2, 0.25) is 0 Å². The van der Waals surface area contributed by atoms with Crippen LogP contribution in [0.5, 0.6) is 5.75 Å². The molecular formula is C13H17NO3S. The van der Waals surface area contributed by atoms with Crippen molar-refractivity contribution in [1.82, 2.24) is 5.32 Å². The van der Waals surface area contributed by atoms with Crippen LogP contribution < -0.4 is 10.1 Å². The van der Waals surface area contributed by atoms with Crippen LogP contribution in [-0.4, -0.2) is 34.9 Å². The molecule has 1 fully saturated rings. The van der Waals surface area contributed by atoms with Crippen molar-refractivity contribution in [1.29, 1.82) is 0 Å². The van der Waals surface area contributed by atoms with Crippen LogP contribution in [0.15, 0.2) is 24.3 Å². The molecule has 1 aliphatic heterocycles. The lowest BCUT2D eigenvalue weighted by Crippen LogP contribution is -2.36. The smallest absolute Gasteiger partial charge is 0.321 e. The topological polar surface area (TPSA) is 58.6 Å². The van der Waals surface area contributed by atoms with E-state index < -0.39 is 12.0 Å². The molecule has 0 amide bonds. The predicted octanol–water partition coefficient (Wildman–Crippen LogP) is 1.88. The van der Waals surface area contributed by atoms with E-state index in [0.717, 1.165) is 12.2 Å². The molecule has 2 N–H and O–H groups in total. The number of hydrogen-bond acceptors (Lipinski definition) is 4. The zero-order chi connectivity index (χ0) is 13.0. The second-order valence-electron chi connectivity index (χ2n) is 4.33. The summed E-state index contributed by atoms with van der Waals surface area (Å²) in [6, 6.07) is 7.50. The van der Waals surface area contributed by atoms with Crippen LogP contribution in [0.25, 0.3) is 0 Å². The largest absolute Gasteiger partial charge is 0.493 e. The second-order valence-corrected chi connectivity index (χ2v) is 5.57. The van der Waals surface area contributed by atoms with Gasteiger partial charge in [0, 0.05) is 12.2 Å². The Bertz CT molecular complexity index is 424. The number of thioether (sulfide) groups is 1. The van der Waals surface area contributed by atoms with E-state index in [0.29, 0.717) is 12.4 Å². The number of hydrogen-bond donors (Lipinski definition) is 2. The minimum atomic E-state index is -0.774. The normalized spacial score (nSPS) is 22.9. The number of benzene rings is 1. The van der Waals surface area contributed by atoms with Gasteiger partial charge in [0.1, 0.15) is 11.8 Å². The molecule has 0 spiro atoms. The van der Waals surface area contributed by atoms with Gasteiger partial charge >= 0.3 is 5.97 Å². The van der Waals surface area contributed by atoms with Gasteiger partial charge in [-0.25, -0.2) is 0 Å². The standard InChI is InChI=1S/C13H17NO3S/c1-9-3-2-4-10(7-9)17-6-5-12-14-11(8-18-12)13(15)16/h2-4,7,11-12,14H,5-6,8H2,1H3,(H,15,16). The Morgan fingerprint density at radius 3 is 3.11 bits per heavy atom. The molecule has 4 nitrogen and oxygen atoms in total. The number of aryl methyl sites for hydroxylation is 1. The molecule has 1 heterocycles. The Morgan fingerprint density at radius 1 is 1.61 bits per heavy atom. The van der Waals surface area contributed by atoms with E-state index >= 15 is 0 Å². The monoisotopic (exact) mass is 267 g/mol. The third-order valence-electron chi connectivity index (χ3n) is 2.79. The van der Waals surface area contributed by atoms with E-state index in [2.05, 4.69) is 5.32 Å². The van der Waals surface area contributed by atoms with Gasteiger partial charge in [0.25, 0.3) is 0 Å². The van der Waals surface area contributed by atoms with Crippen molar-refractivity contribution in [2.24, 2.45) is 0 Å². The summed E-state index contributed by atoms with van der Waals surface area (Å²) in [5.74, 6) is 0.724. The molecule has 2 unspecified atom stereocenters. The molecule has 5 heteroatoms. The SMILES string of the molecule is Cc1cccc(OCCC2NC(C(=O)O)CS2)c1. The van der Waals surface area contributed by atoms with Gasteiger partial charge in [-0.05, 0) is 24.6 Å². The van der Waals surface area contributed by atoms with Gasteiger partial charge < -0.3 is 9.84 Å². The number of carboxylic acid groups (broad SMARTS) is 1. The summed E-state index contributed by atoms with van der Waals surface area (Å²) in [5, 5.41) is 12.1. The number of rotatable bonds is 5. The molecule has 0 radical (unpaired) electrons.